The highest BCUT2D eigenvalue weighted by molar-refractivity contribution is 7.80. The molecule has 0 N–H and O–H groups in total. The summed E-state index contributed by atoms with van der Waals surface area (Å²) in [7, 11) is 0. The summed E-state index contributed by atoms with van der Waals surface area (Å²) >= 11 is 4.11. The van der Waals surface area contributed by atoms with Gasteiger partial charge < -0.3 is 18.9 Å². The Bertz CT molecular complexity index is 490. The number of ether oxygens (including phenoxy) is 4. The molecule has 1 heterocycles. The Morgan fingerprint density at radius 2 is 1.64 bits per heavy atom. The lowest BCUT2D eigenvalue weighted by molar-refractivity contribution is -0.189. The molecule has 1 fully saturated rings. The van der Waals surface area contributed by atoms with E-state index < -0.39 is 46.9 Å². The molecule has 22 heavy (non-hydrogen) atoms. The molecule has 0 aromatic heterocycles. The van der Waals surface area contributed by atoms with Gasteiger partial charge in [-0.1, -0.05) is 0 Å². The van der Waals surface area contributed by atoms with Crippen molar-refractivity contribution in [2.45, 2.75) is 50.9 Å². The summed E-state index contributed by atoms with van der Waals surface area (Å²) in [5, 5.41) is 0. The predicted molar refractivity (Wildman–Crippen MR) is 75.0 cm³/mol. The van der Waals surface area contributed by atoms with Crippen molar-refractivity contribution in [3.05, 3.63) is 0 Å². The molecule has 1 aliphatic heterocycles. The molecule has 0 radical (unpaired) electrons. The van der Waals surface area contributed by atoms with Crippen molar-refractivity contribution in [1.82, 2.24) is 0 Å². The molecule has 0 bridgehead atoms. The number of Topliss-reactive ketones (excluding diaryl/α,β-unsaturated/α-hetero) is 1. The standard InChI is InChI=1S/C13H18O8S/c1-6(14)13(21-9(4)17)10(5-18-7(2)15)20-12(22)11(13)19-8(3)16/h10-12,22H,5H2,1-4H3/t10-,11+,12+,13-/m1/s1. The van der Waals surface area contributed by atoms with Crippen LogP contribution in [-0.2, 0) is 38.1 Å². The van der Waals surface area contributed by atoms with Crippen molar-refractivity contribution >= 4 is 36.3 Å². The van der Waals surface area contributed by atoms with Crippen molar-refractivity contribution in [2.24, 2.45) is 0 Å². The third-order valence-electron chi connectivity index (χ3n) is 3.06. The molecule has 0 aromatic carbocycles. The average Bonchev–Trinajstić information content (AvgIpc) is 2.61. The van der Waals surface area contributed by atoms with E-state index in [2.05, 4.69) is 12.6 Å². The van der Waals surface area contributed by atoms with Gasteiger partial charge in [-0.05, 0) is 6.92 Å². The quantitative estimate of drug-likeness (QED) is 0.426. The molecule has 0 spiro atoms. The molecule has 0 unspecified atom stereocenters. The maximum Gasteiger partial charge on any atom is 0.303 e. The highest BCUT2D eigenvalue weighted by Crippen LogP contribution is 2.39. The minimum Gasteiger partial charge on any atom is -0.463 e. The largest absolute Gasteiger partial charge is 0.463 e. The topological polar surface area (TPSA) is 105 Å². The minimum absolute atomic E-state index is 0.350. The highest BCUT2D eigenvalue weighted by atomic mass is 32.1. The van der Waals surface area contributed by atoms with Crippen LogP contribution in [0, 0.1) is 0 Å². The number of carbonyl (C=O) groups is 4. The van der Waals surface area contributed by atoms with E-state index in [-0.39, 0.29) is 6.61 Å². The van der Waals surface area contributed by atoms with Crippen LogP contribution < -0.4 is 0 Å². The first-order valence-electron chi connectivity index (χ1n) is 6.46. The van der Waals surface area contributed by atoms with Crippen LogP contribution in [0.25, 0.3) is 0 Å². The first-order chi connectivity index (χ1) is 10.1. The number of ketones is 1. The van der Waals surface area contributed by atoms with Gasteiger partial charge in [-0.3, -0.25) is 19.2 Å². The lowest BCUT2D eigenvalue weighted by Gasteiger charge is -2.34. The van der Waals surface area contributed by atoms with Gasteiger partial charge in [0.2, 0.25) is 5.60 Å². The molecular formula is C13H18O8S. The van der Waals surface area contributed by atoms with Crippen molar-refractivity contribution in [1.29, 1.82) is 0 Å². The van der Waals surface area contributed by atoms with Gasteiger partial charge >= 0.3 is 17.9 Å². The molecule has 0 amide bonds. The van der Waals surface area contributed by atoms with Gasteiger partial charge in [-0.2, -0.15) is 0 Å². The van der Waals surface area contributed by atoms with Gasteiger partial charge in [-0.15, -0.1) is 12.6 Å². The Hall–Kier alpha value is -1.61. The Morgan fingerprint density at radius 1 is 1.05 bits per heavy atom. The van der Waals surface area contributed by atoms with E-state index in [1.807, 2.05) is 0 Å². The van der Waals surface area contributed by atoms with Crippen LogP contribution in [0.3, 0.4) is 0 Å². The van der Waals surface area contributed by atoms with Gasteiger partial charge in [-0.25, -0.2) is 0 Å². The fourth-order valence-electron chi connectivity index (χ4n) is 2.28. The SMILES string of the molecule is CC(=O)OC[C@H]1O[C@@H](S)[C@H](OC(C)=O)[C@@]1(OC(C)=O)C(C)=O. The number of esters is 3. The lowest BCUT2D eigenvalue weighted by atomic mass is 9.88. The van der Waals surface area contributed by atoms with E-state index in [0.29, 0.717) is 0 Å². The Morgan fingerprint density at radius 3 is 2.05 bits per heavy atom. The van der Waals surface area contributed by atoms with Crippen LogP contribution >= 0.6 is 12.6 Å². The van der Waals surface area contributed by atoms with Gasteiger partial charge in [0.15, 0.2) is 11.9 Å². The monoisotopic (exact) mass is 334 g/mol. The summed E-state index contributed by atoms with van der Waals surface area (Å²) in [6, 6.07) is 0. The van der Waals surface area contributed by atoms with Crippen LogP contribution in [0.15, 0.2) is 0 Å². The Kier molecular flexibility index (Phi) is 5.95. The smallest absolute Gasteiger partial charge is 0.303 e. The Labute approximate surface area is 132 Å². The second-order valence-electron chi connectivity index (χ2n) is 4.79. The van der Waals surface area contributed by atoms with Crippen LogP contribution in [0.5, 0.6) is 0 Å². The summed E-state index contributed by atoms with van der Waals surface area (Å²) in [6.45, 7) is 4.23. The van der Waals surface area contributed by atoms with Crippen LogP contribution in [-0.4, -0.2) is 53.5 Å². The maximum absolute atomic E-state index is 12.2. The zero-order chi connectivity index (χ0) is 17.1. The minimum atomic E-state index is -1.92. The number of rotatable bonds is 5. The summed E-state index contributed by atoms with van der Waals surface area (Å²) in [5.74, 6) is -2.68. The van der Waals surface area contributed by atoms with Gasteiger partial charge in [0.1, 0.15) is 18.1 Å². The van der Waals surface area contributed by atoms with Crippen LogP contribution in [0.1, 0.15) is 27.7 Å². The highest BCUT2D eigenvalue weighted by Gasteiger charge is 2.64. The fourth-order valence-corrected chi connectivity index (χ4v) is 2.71. The molecule has 0 saturated carbocycles. The van der Waals surface area contributed by atoms with Crippen molar-refractivity contribution in [2.75, 3.05) is 6.61 Å². The van der Waals surface area contributed by atoms with Gasteiger partial charge in [0.25, 0.3) is 0 Å². The van der Waals surface area contributed by atoms with E-state index in [1.54, 1.807) is 0 Å². The maximum atomic E-state index is 12.2. The molecular weight excluding hydrogens is 316 g/mol. The average molecular weight is 334 g/mol. The third kappa shape index (κ3) is 3.77. The fraction of sp³-hybridized carbons (Fsp3) is 0.692. The molecule has 124 valence electrons. The summed E-state index contributed by atoms with van der Waals surface area (Å²) in [6.07, 6.45) is -2.39. The summed E-state index contributed by atoms with van der Waals surface area (Å²) in [4.78, 5) is 45.8. The van der Waals surface area contributed by atoms with Gasteiger partial charge in [0, 0.05) is 20.8 Å². The van der Waals surface area contributed by atoms with E-state index in [9.17, 15) is 19.2 Å². The van der Waals surface area contributed by atoms with E-state index in [1.165, 1.54) is 6.92 Å². The number of thiol groups is 1. The first-order valence-corrected chi connectivity index (χ1v) is 6.97. The third-order valence-corrected chi connectivity index (χ3v) is 3.45. The van der Waals surface area contributed by atoms with E-state index >= 15 is 0 Å². The molecule has 0 aromatic rings. The molecule has 1 rings (SSSR count). The number of hydrogen-bond donors (Lipinski definition) is 1. The molecule has 9 heteroatoms. The summed E-state index contributed by atoms with van der Waals surface area (Å²) in [5.41, 5.74) is -2.94. The zero-order valence-corrected chi connectivity index (χ0v) is 13.5. The van der Waals surface area contributed by atoms with Crippen LogP contribution in [0.4, 0.5) is 0 Å². The normalized spacial score (nSPS) is 30.5. The molecule has 1 saturated heterocycles. The second kappa shape index (κ2) is 7.10. The van der Waals surface area contributed by atoms with Crippen LogP contribution in [0.2, 0.25) is 0 Å². The molecule has 1 aliphatic rings. The molecule has 0 aliphatic carbocycles. The van der Waals surface area contributed by atoms with E-state index in [4.69, 9.17) is 18.9 Å². The van der Waals surface area contributed by atoms with Crippen molar-refractivity contribution in [3.63, 3.8) is 0 Å². The first kappa shape index (κ1) is 18.4. The van der Waals surface area contributed by atoms with Gasteiger partial charge in [0.05, 0.1) is 0 Å². The summed E-state index contributed by atoms with van der Waals surface area (Å²) < 4.78 is 20.5. The predicted octanol–water partition coefficient (Wildman–Crippen LogP) is 0.0268. The molecule has 4 atom stereocenters. The Balaban J connectivity index is 3.24. The number of hydrogen-bond acceptors (Lipinski definition) is 9. The second-order valence-corrected chi connectivity index (χ2v) is 5.30. The zero-order valence-electron chi connectivity index (χ0n) is 12.7. The van der Waals surface area contributed by atoms with E-state index in [0.717, 1.165) is 20.8 Å². The van der Waals surface area contributed by atoms with Crippen molar-refractivity contribution in [3.8, 4) is 0 Å². The lowest BCUT2D eigenvalue weighted by Crippen LogP contribution is -2.59. The number of carbonyl (C=O) groups excluding carboxylic acids is 4. The molecule has 8 nitrogen and oxygen atoms in total. The van der Waals surface area contributed by atoms with Crippen molar-refractivity contribution < 1.29 is 38.1 Å².